The summed E-state index contributed by atoms with van der Waals surface area (Å²) in [5, 5.41) is 6.10. The Labute approximate surface area is 232 Å². The molecule has 2 atom stereocenters. The lowest BCUT2D eigenvalue weighted by Gasteiger charge is -2.50. The quantitative estimate of drug-likeness (QED) is 0.292. The van der Waals surface area contributed by atoms with E-state index >= 15 is 0 Å². The number of ether oxygens (including phenoxy) is 2. The first kappa shape index (κ1) is 25.6. The van der Waals surface area contributed by atoms with E-state index < -0.39 is 5.72 Å². The number of para-hydroxylation sites is 1. The van der Waals surface area contributed by atoms with E-state index in [9.17, 15) is 9.59 Å². The molecular weight excluding hydrogens is 506 g/mol. The Hall–Kier alpha value is -4.72. The van der Waals surface area contributed by atoms with Gasteiger partial charge in [-0.25, -0.2) is 4.79 Å². The monoisotopic (exact) mass is 537 g/mol. The van der Waals surface area contributed by atoms with E-state index in [0.29, 0.717) is 41.5 Å². The Morgan fingerprint density at radius 2 is 1.93 bits per heavy atom. The average Bonchev–Trinajstić information content (AvgIpc) is 3.46. The van der Waals surface area contributed by atoms with Gasteiger partial charge in [-0.1, -0.05) is 48.0 Å². The third-order valence-corrected chi connectivity index (χ3v) is 7.40. The maximum Gasteiger partial charge on any atom is 0.325 e. The van der Waals surface area contributed by atoms with Gasteiger partial charge in [-0.3, -0.25) is 9.69 Å². The number of fused-ring (bicyclic) bond motifs is 4. The summed E-state index contributed by atoms with van der Waals surface area (Å²) in [6, 6.07) is 24.1. The zero-order valence-corrected chi connectivity index (χ0v) is 22.5. The molecule has 2 bridgehead atoms. The third-order valence-electron chi connectivity index (χ3n) is 7.40. The molecule has 1 aromatic heterocycles. The highest BCUT2D eigenvalue weighted by Crippen LogP contribution is 2.49. The standard InChI is InChI=1S/C32H31N3O5/c1-21-11-13-22(14-12-21)15-16-33-30(36)23-6-3-7-24(18-23)35-31(37)34-27-19-32(35,2)40-29-26(27)9-4-10-28(29)39-20-25-8-5-17-38-25/h3-14,17-18,27H,15-16,19-20H2,1-2H3,(H,33,36)(H,34,37). The van der Waals surface area contributed by atoms with Crippen LogP contribution in [0.1, 0.15) is 52.2 Å². The number of urea groups is 1. The van der Waals surface area contributed by atoms with Crippen LogP contribution in [0.4, 0.5) is 10.5 Å². The van der Waals surface area contributed by atoms with Crippen molar-refractivity contribution < 1.29 is 23.5 Å². The highest BCUT2D eigenvalue weighted by atomic mass is 16.6. The van der Waals surface area contributed by atoms with E-state index in [0.717, 1.165) is 17.5 Å². The second-order valence-corrected chi connectivity index (χ2v) is 10.4. The van der Waals surface area contributed by atoms with Crippen molar-refractivity contribution in [3.8, 4) is 11.5 Å². The predicted molar refractivity (Wildman–Crippen MR) is 151 cm³/mol. The van der Waals surface area contributed by atoms with Crippen LogP contribution in [0.25, 0.3) is 0 Å². The summed E-state index contributed by atoms with van der Waals surface area (Å²) in [6.45, 7) is 4.70. The molecule has 8 nitrogen and oxygen atoms in total. The van der Waals surface area contributed by atoms with Crippen molar-refractivity contribution in [3.63, 3.8) is 0 Å². The number of carbonyl (C=O) groups is 2. The number of aryl methyl sites for hydroxylation is 1. The zero-order valence-electron chi connectivity index (χ0n) is 22.5. The molecule has 3 amide bonds. The smallest absolute Gasteiger partial charge is 0.325 e. The minimum atomic E-state index is -0.995. The Morgan fingerprint density at radius 1 is 1.10 bits per heavy atom. The van der Waals surface area contributed by atoms with Crippen molar-refractivity contribution in [2.45, 2.75) is 45.1 Å². The minimum absolute atomic E-state index is 0.196. The molecule has 0 aliphatic carbocycles. The number of hydrogen-bond acceptors (Lipinski definition) is 5. The average molecular weight is 538 g/mol. The third kappa shape index (κ3) is 5.00. The Morgan fingerprint density at radius 3 is 2.73 bits per heavy atom. The molecule has 0 spiro atoms. The van der Waals surface area contributed by atoms with E-state index in [4.69, 9.17) is 13.9 Å². The van der Waals surface area contributed by atoms with Gasteiger partial charge in [-0.05, 0) is 62.2 Å². The molecule has 40 heavy (non-hydrogen) atoms. The van der Waals surface area contributed by atoms with Crippen LogP contribution in [0.5, 0.6) is 11.5 Å². The number of nitrogens with one attached hydrogen (secondary N) is 2. The van der Waals surface area contributed by atoms with Crippen molar-refractivity contribution in [2.24, 2.45) is 0 Å². The van der Waals surface area contributed by atoms with Crippen molar-refractivity contribution in [3.05, 3.63) is 113 Å². The topological polar surface area (TPSA) is 93.0 Å². The van der Waals surface area contributed by atoms with Crippen molar-refractivity contribution in [2.75, 3.05) is 11.4 Å². The Bertz CT molecular complexity index is 1530. The lowest BCUT2D eigenvalue weighted by atomic mass is 9.89. The molecule has 6 rings (SSSR count). The Balaban J connectivity index is 1.20. The molecule has 204 valence electrons. The molecule has 0 radical (unpaired) electrons. The van der Waals surface area contributed by atoms with Crippen LogP contribution < -0.4 is 25.0 Å². The largest absolute Gasteiger partial charge is 0.482 e. The normalized spacial score (nSPS) is 19.3. The minimum Gasteiger partial charge on any atom is -0.482 e. The van der Waals surface area contributed by atoms with Gasteiger partial charge in [0.2, 0.25) is 0 Å². The number of furan rings is 1. The van der Waals surface area contributed by atoms with Crippen LogP contribution in [-0.2, 0) is 13.0 Å². The van der Waals surface area contributed by atoms with Gasteiger partial charge in [0.1, 0.15) is 12.4 Å². The van der Waals surface area contributed by atoms with Crippen molar-refractivity contribution >= 4 is 17.6 Å². The number of hydrogen-bond donors (Lipinski definition) is 2. The fraction of sp³-hybridized carbons (Fsp3) is 0.250. The molecular formula is C32H31N3O5. The molecule has 1 fully saturated rings. The molecule has 8 heteroatoms. The van der Waals surface area contributed by atoms with Gasteiger partial charge in [0.15, 0.2) is 17.2 Å². The highest BCUT2D eigenvalue weighted by molar-refractivity contribution is 5.99. The van der Waals surface area contributed by atoms with Gasteiger partial charge in [-0.15, -0.1) is 0 Å². The van der Waals surface area contributed by atoms with E-state index in [2.05, 4.69) is 34.9 Å². The van der Waals surface area contributed by atoms with Crippen LogP contribution in [-0.4, -0.2) is 24.2 Å². The Kier molecular flexibility index (Phi) is 6.67. The number of amides is 3. The molecule has 3 heterocycles. The first-order valence-corrected chi connectivity index (χ1v) is 13.4. The van der Waals surface area contributed by atoms with Crippen LogP contribution in [0.15, 0.2) is 89.5 Å². The number of carbonyl (C=O) groups excluding carboxylic acids is 2. The summed E-state index contributed by atoms with van der Waals surface area (Å²) >= 11 is 0. The van der Waals surface area contributed by atoms with Gasteiger partial charge in [0.05, 0.1) is 18.0 Å². The number of rotatable bonds is 8. The molecule has 4 aromatic rings. The van der Waals surface area contributed by atoms with E-state index in [-0.39, 0.29) is 24.6 Å². The molecule has 0 saturated carbocycles. The summed E-state index contributed by atoms with van der Waals surface area (Å²) in [5.41, 5.74) is 3.28. The van der Waals surface area contributed by atoms with Crippen LogP contribution >= 0.6 is 0 Å². The maximum absolute atomic E-state index is 13.4. The molecule has 2 unspecified atom stereocenters. The maximum atomic E-state index is 13.4. The zero-order chi connectivity index (χ0) is 27.7. The second-order valence-electron chi connectivity index (χ2n) is 10.4. The lowest BCUT2D eigenvalue weighted by Crippen LogP contribution is -2.65. The summed E-state index contributed by atoms with van der Waals surface area (Å²) in [5.74, 6) is 1.66. The molecule has 2 N–H and O–H groups in total. The summed E-state index contributed by atoms with van der Waals surface area (Å²) in [4.78, 5) is 28.0. The second kappa shape index (κ2) is 10.4. The van der Waals surface area contributed by atoms with Gasteiger partial charge >= 0.3 is 6.03 Å². The van der Waals surface area contributed by atoms with Gasteiger partial charge in [0.25, 0.3) is 5.91 Å². The van der Waals surface area contributed by atoms with Crippen LogP contribution in [0.3, 0.4) is 0 Å². The summed E-state index contributed by atoms with van der Waals surface area (Å²) < 4.78 is 18.0. The van der Waals surface area contributed by atoms with E-state index in [1.54, 1.807) is 29.4 Å². The fourth-order valence-electron chi connectivity index (χ4n) is 5.37. The first-order valence-electron chi connectivity index (χ1n) is 13.4. The number of nitrogens with zero attached hydrogens (tertiary/aromatic N) is 1. The fourth-order valence-corrected chi connectivity index (χ4v) is 5.37. The van der Waals surface area contributed by atoms with Crippen molar-refractivity contribution in [1.29, 1.82) is 0 Å². The SMILES string of the molecule is Cc1ccc(CCNC(=O)c2cccc(N3C(=O)NC4CC3(C)Oc3c(OCc5ccco5)cccc34)c2)cc1. The predicted octanol–water partition coefficient (Wildman–Crippen LogP) is 5.91. The number of anilines is 1. The van der Waals surface area contributed by atoms with Crippen LogP contribution in [0, 0.1) is 6.92 Å². The van der Waals surface area contributed by atoms with Gasteiger partial charge < -0.3 is 24.5 Å². The molecule has 1 saturated heterocycles. The van der Waals surface area contributed by atoms with Gasteiger partial charge in [0, 0.05) is 24.1 Å². The van der Waals surface area contributed by atoms with E-state index in [1.165, 1.54) is 5.56 Å². The number of benzene rings is 3. The summed E-state index contributed by atoms with van der Waals surface area (Å²) in [6.07, 6.45) is 2.87. The molecule has 2 aliphatic heterocycles. The van der Waals surface area contributed by atoms with Crippen molar-refractivity contribution in [1.82, 2.24) is 10.6 Å². The molecule has 3 aromatic carbocycles. The molecule has 2 aliphatic rings. The van der Waals surface area contributed by atoms with Crippen LogP contribution in [0.2, 0.25) is 0 Å². The van der Waals surface area contributed by atoms with E-state index in [1.807, 2.05) is 50.2 Å². The first-order chi connectivity index (χ1) is 19.4. The summed E-state index contributed by atoms with van der Waals surface area (Å²) in [7, 11) is 0. The van der Waals surface area contributed by atoms with Gasteiger partial charge in [-0.2, -0.15) is 0 Å². The lowest BCUT2D eigenvalue weighted by molar-refractivity contribution is 0.0336. The highest BCUT2D eigenvalue weighted by Gasteiger charge is 2.50.